The second kappa shape index (κ2) is 6.00. The molecule has 0 saturated heterocycles. The number of hydrogen-bond donors (Lipinski definition) is 1. The molecule has 1 aromatic heterocycles. The normalized spacial score (nSPS) is 23.5. The van der Waals surface area contributed by atoms with Crippen molar-refractivity contribution in [3.8, 4) is 0 Å². The second-order valence-electron chi connectivity index (χ2n) is 6.01. The van der Waals surface area contributed by atoms with Crippen LogP contribution >= 0.6 is 0 Å². The number of nitrogens with one attached hydrogen (secondary N) is 1. The lowest BCUT2D eigenvalue weighted by atomic mass is 9.92. The largest absolute Gasteiger partial charge is 0.310 e. The number of aromatic nitrogens is 2. The van der Waals surface area contributed by atoms with E-state index in [9.17, 15) is 0 Å². The van der Waals surface area contributed by atoms with Gasteiger partial charge in [-0.1, -0.05) is 19.8 Å². The van der Waals surface area contributed by atoms with Gasteiger partial charge in [-0.25, -0.2) is 9.97 Å². The Morgan fingerprint density at radius 3 is 2.84 bits per heavy atom. The molecule has 3 nitrogen and oxygen atoms in total. The highest BCUT2D eigenvalue weighted by atomic mass is 14.9. The van der Waals surface area contributed by atoms with Crippen molar-refractivity contribution in [3.05, 3.63) is 23.3 Å². The number of aryl methyl sites for hydroxylation is 1. The van der Waals surface area contributed by atoms with E-state index in [0.29, 0.717) is 12.0 Å². The molecule has 1 saturated carbocycles. The summed E-state index contributed by atoms with van der Waals surface area (Å²) in [5.74, 6) is 1.75. The first-order valence-corrected chi connectivity index (χ1v) is 7.97. The van der Waals surface area contributed by atoms with Crippen molar-refractivity contribution >= 4 is 0 Å². The molecule has 2 aliphatic rings. The summed E-state index contributed by atoms with van der Waals surface area (Å²) in [5, 5.41) is 3.64. The van der Waals surface area contributed by atoms with Crippen LogP contribution in [0.1, 0.15) is 80.9 Å². The van der Waals surface area contributed by atoms with Crippen molar-refractivity contribution in [1.82, 2.24) is 15.3 Å². The lowest BCUT2D eigenvalue weighted by Gasteiger charge is -2.26. The fourth-order valence-electron chi connectivity index (χ4n) is 3.47. The van der Waals surface area contributed by atoms with Crippen LogP contribution < -0.4 is 5.32 Å². The van der Waals surface area contributed by atoms with E-state index in [-0.39, 0.29) is 0 Å². The zero-order valence-corrected chi connectivity index (χ0v) is 12.0. The third-order valence-corrected chi connectivity index (χ3v) is 4.56. The molecule has 19 heavy (non-hydrogen) atoms. The van der Waals surface area contributed by atoms with Crippen molar-refractivity contribution in [1.29, 1.82) is 0 Å². The number of fused-ring (bicyclic) bond motifs is 1. The highest BCUT2D eigenvalue weighted by Gasteiger charge is 2.25. The van der Waals surface area contributed by atoms with Crippen LogP contribution in [0.5, 0.6) is 0 Å². The Hall–Kier alpha value is -0.960. The topological polar surface area (TPSA) is 37.8 Å². The van der Waals surface area contributed by atoms with Gasteiger partial charge in [-0.05, 0) is 45.1 Å². The molecule has 1 aromatic rings. The molecular formula is C16H25N3. The van der Waals surface area contributed by atoms with E-state index in [4.69, 9.17) is 4.98 Å². The van der Waals surface area contributed by atoms with Crippen LogP contribution in [0.2, 0.25) is 0 Å². The lowest BCUT2D eigenvalue weighted by Crippen LogP contribution is -2.27. The van der Waals surface area contributed by atoms with E-state index < -0.39 is 0 Å². The van der Waals surface area contributed by atoms with Gasteiger partial charge in [0.05, 0.1) is 0 Å². The van der Waals surface area contributed by atoms with E-state index in [1.165, 1.54) is 56.2 Å². The second-order valence-corrected chi connectivity index (χ2v) is 6.01. The molecule has 104 valence electrons. The van der Waals surface area contributed by atoms with E-state index in [2.05, 4.69) is 23.4 Å². The van der Waals surface area contributed by atoms with Crippen LogP contribution in [0.4, 0.5) is 0 Å². The molecule has 0 aromatic carbocycles. The van der Waals surface area contributed by atoms with E-state index in [0.717, 1.165) is 18.8 Å². The average Bonchev–Trinajstić information content (AvgIpc) is 2.98. The van der Waals surface area contributed by atoms with Crippen LogP contribution in [0, 0.1) is 0 Å². The third-order valence-electron chi connectivity index (χ3n) is 4.56. The molecule has 3 rings (SSSR count). The van der Waals surface area contributed by atoms with Gasteiger partial charge in [0.15, 0.2) is 0 Å². The summed E-state index contributed by atoms with van der Waals surface area (Å²) in [6.07, 6.45) is 12.2. The van der Waals surface area contributed by atoms with Crippen LogP contribution in [0.3, 0.4) is 0 Å². The molecule has 1 fully saturated rings. The van der Waals surface area contributed by atoms with Gasteiger partial charge in [0.25, 0.3) is 0 Å². The monoisotopic (exact) mass is 259 g/mol. The predicted molar refractivity (Wildman–Crippen MR) is 77.2 cm³/mol. The van der Waals surface area contributed by atoms with Crippen LogP contribution in [0.15, 0.2) is 6.20 Å². The summed E-state index contributed by atoms with van der Waals surface area (Å²) < 4.78 is 0. The van der Waals surface area contributed by atoms with Gasteiger partial charge in [0.1, 0.15) is 5.82 Å². The summed E-state index contributed by atoms with van der Waals surface area (Å²) in [4.78, 5) is 9.58. The van der Waals surface area contributed by atoms with Crippen LogP contribution in [-0.4, -0.2) is 16.5 Å². The summed E-state index contributed by atoms with van der Waals surface area (Å²) >= 11 is 0. The molecule has 1 heterocycles. The van der Waals surface area contributed by atoms with Gasteiger partial charge in [0, 0.05) is 29.4 Å². The molecule has 0 amide bonds. The van der Waals surface area contributed by atoms with E-state index in [1.54, 1.807) is 0 Å². The van der Waals surface area contributed by atoms with Crippen LogP contribution in [-0.2, 0) is 6.42 Å². The van der Waals surface area contributed by atoms with Gasteiger partial charge >= 0.3 is 0 Å². The Morgan fingerprint density at radius 1 is 1.21 bits per heavy atom. The number of nitrogens with zero attached hydrogens (tertiary/aromatic N) is 2. The first-order chi connectivity index (χ1) is 9.38. The number of hydrogen-bond acceptors (Lipinski definition) is 3. The van der Waals surface area contributed by atoms with Crippen molar-refractivity contribution in [2.24, 2.45) is 0 Å². The fourth-order valence-corrected chi connectivity index (χ4v) is 3.47. The summed E-state index contributed by atoms with van der Waals surface area (Å²) in [5.41, 5.74) is 2.68. The highest BCUT2D eigenvalue weighted by Crippen LogP contribution is 2.34. The highest BCUT2D eigenvalue weighted by molar-refractivity contribution is 5.25. The van der Waals surface area contributed by atoms with Crippen molar-refractivity contribution < 1.29 is 0 Å². The molecule has 3 heteroatoms. The summed E-state index contributed by atoms with van der Waals surface area (Å²) in [6.45, 7) is 3.31. The molecule has 1 atom stereocenters. The minimum atomic E-state index is 0.487. The van der Waals surface area contributed by atoms with Gasteiger partial charge in [-0.15, -0.1) is 0 Å². The van der Waals surface area contributed by atoms with Crippen LogP contribution in [0.25, 0.3) is 0 Å². The molecule has 0 bridgehead atoms. The SMILES string of the molecule is CCCNC1CCCc2nc(C3CCCC3)ncc21. The zero-order chi connectivity index (χ0) is 13.1. The minimum absolute atomic E-state index is 0.487. The first kappa shape index (κ1) is 13.0. The van der Waals surface area contributed by atoms with Crippen molar-refractivity contribution in [3.63, 3.8) is 0 Å². The number of rotatable bonds is 4. The Kier molecular flexibility index (Phi) is 4.12. The molecule has 0 radical (unpaired) electrons. The molecular weight excluding hydrogens is 234 g/mol. The lowest BCUT2D eigenvalue weighted by molar-refractivity contribution is 0.450. The first-order valence-electron chi connectivity index (χ1n) is 7.97. The van der Waals surface area contributed by atoms with E-state index in [1.807, 2.05) is 0 Å². The Bertz CT molecular complexity index is 424. The van der Waals surface area contributed by atoms with E-state index >= 15 is 0 Å². The van der Waals surface area contributed by atoms with Gasteiger partial charge < -0.3 is 5.32 Å². The smallest absolute Gasteiger partial charge is 0.131 e. The summed E-state index contributed by atoms with van der Waals surface area (Å²) in [7, 11) is 0. The molecule has 1 unspecified atom stereocenters. The summed E-state index contributed by atoms with van der Waals surface area (Å²) in [6, 6.07) is 0.487. The van der Waals surface area contributed by atoms with Crippen molar-refractivity contribution in [2.45, 2.75) is 70.3 Å². The van der Waals surface area contributed by atoms with Gasteiger partial charge in [0.2, 0.25) is 0 Å². The maximum Gasteiger partial charge on any atom is 0.131 e. The maximum absolute atomic E-state index is 4.90. The molecule has 0 aliphatic heterocycles. The Morgan fingerprint density at radius 2 is 2.05 bits per heavy atom. The van der Waals surface area contributed by atoms with Crippen molar-refractivity contribution in [2.75, 3.05) is 6.54 Å². The molecule has 1 N–H and O–H groups in total. The van der Waals surface area contributed by atoms with Gasteiger partial charge in [-0.2, -0.15) is 0 Å². The Labute approximate surface area is 116 Å². The average molecular weight is 259 g/mol. The Balaban J connectivity index is 1.79. The predicted octanol–water partition coefficient (Wildman–Crippen LogP) is 3.51. The third kappa shape index (κ3) is 2.81. The standard InChI is InChI=1S/C16H25N3/c1-2-10-17-14-8-5-9-15-13(14)11-18-16(19-15)12-6-3-4-7-12/h11-12,14,17H,2-10H2,1H3. The zero-order valence-electron chi connectivity index (χ0n) is 12.0. The minimum Gasteiger partial charge on any atom is -0.310 e. The quantitative estimate of drug-likeness (QED) is 0.899. The molecule has 0 spiro atoms. The fraction of sp³-hybridized carbons (Fsp3) is 0.750. The maximum atomic E-state index is 4.90. The van der Waals surface area contributed by atoms with Gasteiger partial charge in [-0.3, -0.25) is 0 Å². The molecule has 2 aliphatic carbocycles.